The van der Waals surface area contributed by atoms with Gasteiger partial charge in [0.05, 0.1) is 0 Å². The highest BCUT2D eigenvalue weighted by Gasteiger charge is 2.00. The zero-order valence-electron chi connectivity index (χ0n) is 10.3. The summed E-state index contributed by atoms with van der Waals surface area (Å²) in [5.41, 5.74) is 0. The number of aryl methyl sites for hydroxylation is 1. The number of unbranched alkanes of at least 4 members (excludes halogenated alkanes) is 3. The number of rotatable bonds is 8. The van der Waals surface area contributed by atoms with Crippen LogP contribution in [0.1, 0.15) is 44.4 Å². The van der Waals surface area contributed by atoms with Crippen molar-refractivity contribution in [1.82, 2.24) is 5.32 Å². The molecule has 0 aliphatic heterocycles. The molecular weight excluding hydrogens is 282 g/mol. The van der Waals surface area contributed by atoms with Gasteiger partial charge in [-0.05, 0) is 53.2 Å². The van der Waals surface area contributed by atoms with Crippen LogP contribution < -0.4 is 5.32 Å². The van der Waals surface area contributed by atoms with Crippen LogP contribution in [0.5, 0.6) is 0 Å². The van der Waals surface area contributed by atoms with Gasteiger partial charge in [-0.15, -0.1) is 11.3 Å². The lowest BCUT2D eigenvalue weighted by Gasteiger charge is -2.07. The Morgan fingerprint density at radius 3 is 2.62 bits per heavy atom. The second-order valence-electron chi connectivity index (χ2n) is 4.46. The first-order valence-corrected chi connectivity index (χ1v) is 7.82. The van der Waals surface area contributed by atoms with Crippen LogP contribution in [0.4, 0.5) is 0 Å². The average Bonchev–Trinajstić information content (AvgIpc) is 2.62. The molecule has 0 fully saturated rings. The van der Waals surface area contributed by atoms with E-state index in [1.54, 1.807) is 0 Å². The number of hydrogen-bond donors (Lipinski definition) is 1. The van der Waals surface area contributed by atoms with Gasteiger partial charge in [-0.2, -0.15) is 0 Å². The quantitative estimate of drug-likeness (QED) is 0.691. The van der Waals surface area contributed by atoms with Gasteiger partial charge >= 0.3 is 0 Å². The maximum Gasteiger partial charge on any atom is 0.0314 e. The molecule has 0 unspecified atom stereocenters. The molecule has 1 rings (SSSR count). The lowest BCUT2D eigenvalue weighted by molar-refractivity contribution is 0.542. The third-order valence-electron chi connectivity index (χ3n) is 2.57. The van der Waals surface area contributed by atoms with Crippen molar-refractivity contribution in [2.24, 2.45) is 0 Å². The molecular formula is C13H22BrNS. The zero-order valence-corrected chi connectivity index (χ0v) is 12.7. The molecule has 3 heteroatoms. The molecule has 0 saturated heterocycles. The topological polar surface area (TPSA) is 12.0 Å². The summed E-state index contributed by atoms with van der Waals surface area (Å²) in [6.45, 7) is 5.57. The highest BCUT2D eigenvalue weighted by molar-refractivity contribution is 9.10. The molecule has 1 heterocycles. The van der Waals surface area contributed by atoms with E-state index in [0.29, 0.717) is 6.04 Å². The van der Waals surface area contributed by atoms with Crippen LogP contribution in [-0.2, 0) is 6.42 Å². The fraction of sp³-hybridized carbons (Fsp3) is 0.692. The Kier molecular flexibility index (Phi) is 7.33. The molecule has 16 heavy (non-hydrogen) atoms. The lowest BCUT2D eigenvalue weighted by atomic mass is 10.1. The van der Waals surface area contributed by atoms with E-state index in [1.165, 1.54) is 48.0 Å². The van der Waals surface area contributed by atoms with E-state index < -0.39 is 0 Å². The molecule has 1 aromatic heterocycles. The second kappa shape index (κ2) is 8.26. The van der Waals surface area contributed by atoms with Crippen molar-refractivity contribution in [3.05, 3.63) is 20.8 Å². The van der Waals surface area contributed by atoms with E-state index in [-0.39, 0.29) is 0 Å². The van der Waals surface area contributed by atoms with E-state index >= 15 is 0 Å². The van der Waals surface area contributed by atoms with Gasteiger partial charge in [0.15, 0.2) is 0 Å². The van der Waals surface area contributed by atoms with Crippen molar-refractivity contribution < 1.29 is 0 Å². The monoisotopic (exact) mass is 303 g/mol. The Labute approximate surface area is 112 Å². The van der Waals surface area contributed by atoms with Crippen LogP contribution in [0.2, 0.25) is 0 Å². The van der Waals surface area contributed by atoms with E-state index in [2.05, 4.69) is 46.5 Å². The Morgan fingerprint density at radius 2 is 2.00 bits per heavy atom. The summed E-state index contributed by atoms with van der Waals surface area (Å²) < 4.78 is 1.29. The molecule has 0 aliphatic carbocycles. The van der Waals surface area contributed by atoms with E-state index in [9.17, 15) is 0 Å². The van der Waals surface area contributed by atoms with Crippen molar-refractivity contribution in [2.45, 2.75) is 52.0 Å². The SMILES string of the molecule is CC(C)NCCCCCCc1sccc1Br. The minimum absolute atomic E-state index is 0.627. The maximum absolute atomic E-state index is 3.58. The largest absolute Gasteiger partial charge is 0.315 e. The highest BCUT2D eigenvalue weighted by atomic mass is 79.9. The molecule has 0 aliphatic rings. The van der Waals surface area contributed by atoms with Crippen LogP contribution in [0.15, 0.2) is 15.9 Å². The molecule has 0 saturated carbocycles. The first-order valence-electron chi connectivity index (χ1n) is 6.15. The summed E-state index contributed by atoms with van der Waals surface area (Å²) in [5, 5.41) is 5.61. The average molecular weight is 304 g/mol. The first-order chi connectivity index (χ1) is 7.70. The van der Waals surface area contributed by atoms with Gasteiger partial charge in [-0.25, -0.2) is 0 Å². The number of nitrogens with one attached hydrogen (secondary N) is 1. The van der Waals surface area contributed by atoms with Gasteiger partial charge < -0.3 is 5.32 Å². The van der Waals surface area contributed by atoms with Crippen LogP contribution in [0.25, 0.3) is 0 Å². The van der Waals surface area contributed by atoms with E-state index in [0.717, 1.165) is 0 Å². The lowest BCUT2D eigenvalue weighted by Crippen LogP contribution is -2.23. The maximum atomic E-state index is 3.58. The normalized spacial score (nSPS) is 11.2. The van der Waals surface area contributed by atoms with Crippen molar-refractivity contribution in [3.8, 4) is 0 Å². The van der Waals surface area contributed by atoms with Crippen LogP contribution in [0.3, 0.4) is 0 Å². The van der Waals surface area contributed by atoms with E-state index in [1.807, 2.05) is 11.3 Å². The summed E-state index contributed by atoms with van der Waals surface area (Å²) in [6, 6.07) is 2.77. The van der Waals surface area contributed by atoms with Gasteiger partial charge in [-0.3, -0.25) is 0 Å². The molecule has 1 N–H and O–H groups in total. The standard InChI is InChI=1S/C13H22BrNS/c1-11(2)15-9-6-4-3-5-7-13-12(14)8-10-16-13/h8,10-11,15H,3-7,9H2,1-2H3. The van der Waals surface area contributed by atoms with Gasteiger partial charge in [0, 0.05) is 15.4 Å². The number of halogens is 1. The molecule has 0 aromatic carbocycles. The fourth-order valence-corrected chi connectivity index (χ4v) is 3.26. The summed E-state index contributed by atoms with van der Waals surface area (Å²) >= 11 is 5.44. The van der Waals surface area contributed by atoms with Gasteiger partial charge in [-0.1, -0.05) is 26.7 Å². The molecule has 0 spiro atoms. The van der Waals surface area contributed by atoms with Crippen molar-refractivity contribution >= 4 is 27.3 Å². The molecule has 0 amide bonds. The molecule has 92 valence electrons. The fourth-order valence-electron chi connectivity index (χ4n) is 1.66. The summed E-state index contributed by atoms with van der Waals surface area (Å²) in [4.78, 5) is 1.50. The minimum Gasteiger partial charge on any atom is -0.315 e. The predicted octanol–water partition coefficient (Wildman–Crippen LogP) is 4.61. The third kappa shape index (κ3) is 6.02. The van der Waals surface area contributed by atoms with Crippen LogP contribution in [-0.4, -0.2) is 12.6 Å². The Balaban J connectivity index is 1.94. The predicted molar refractivity (Wildman–Crippen MR) is 77.3 cm³/mol. The Hall–Kier alpha value is 0.140. The van der Waals surface area contributed by atoms with Gasteiger partial charge in [0.1, 0.15) is 0 Å². The summed E-state index contributed by atoms with van der Waals surface area (Å²) in [6.07, 6.45) is 6.56. The second-order valence-corrected chi connectivity index (χ2v) is 6.32. The van der Waals surface area contributed by atoms with Gasteiger partial charge in [0.25, 0.3) is 0 Å². The highest BCUT2D eigenvalue weighted by Crippen LogP contribution is 2.24. The van der Waals surface area contributed by atoms with Crippen molar-refractivity contribution in [1.29, 1.82) is 0 Å². The van der Waals surface area contributed by atoms with Crippen LogP contribution >= 0.6 is 27.3 Å². The molecule has 1 aromatic rings. The smallest absolute Gasteiger partial charge is 0.0314 e. The van der Waals surface area contributed by atoms with Crippen LogP contribution in [0, 0.1) is 0 Å². The van der Waals surface area contributed by atoms with Gasteiger partial charge in [0.2, 0.25) is 0 Å². The molecule has 0 atom stereocenters. The van der Waals surface area contributed by atoms with E-state index in [4.69, 9.17) is 0 Å². The summed E-state index contributed by atoms with van der Waals surface area (Å²) in [7, 11) is 0. The molecule has 1 nitrogen and oxygen atoms in total. The molecule has 0 radical (unpaired) electrons. The number of hydrogen-bond acceptors (Lipinski definition) is 2. The van der Waals surface area contributed by atoms with Crippen molar-refractivity contribution in [3.63, 3.8) is 0 Å². The molecule has 0 bridgehead atoms. The Morgan fingerprint density at radius 1 is 1.25 bits per heavy atom. The number of thiophene rings is 1. The van der Waals surface area contributed by atoms with Crippen molar-refractivity contribution in [2.75, 3.05) is 6.54 Å². The third-order valence-corrected chi connectivity index (χ3v) is 4.56. The first kappa shape index (κ1) is 14.2. The Bertz CT molecular complexity index is 283. The summed E-state index contributed by atoms with van der Waals surface area (Å²) in [5.74, 6) is 0. The minimum atomic E-state index is 0.627. The zero-order chi connectivity index (χ0) is 11.8.